The van der Waals surface area contributed by atoms with E-state index in [1.165, 1.54) is 4.90 Å². The molecule has 3 aromatic carbocycles. The first-order valence-electron chi connectivity index (χ1n) is 12.5. The van der Waals surface area contributed by atoms with E-state index in [0.717, 1.165) is 22.1 Å². The Kier molecular flexibility index (Phi) is 6.51. The van der Waals surface area contributed by atoms with Crippen LogP contribution in [0.3, 0.4) is 0 Å². The Bertz CT molecular complexity index is 1450. The van der Waals surface area contributed by atoms with Crippen LogP contribution in [0.1, 0.15) is 25.1 Å². The monoisotopic (exact) mass is 572 g/mol. The summed E-state index contributed by atoms with van der Waals surface area (Å²) in [5.41, 5.74) is 2.13. The third kappa shape index (κ3) is 4.29. The average Bonchev–Trinajstić information content (AvgIpc) is 3.64. The molecule has 4 aromatic rings. The van der Waals surface area contributed by atoms with Crippen LogP contribution in [0.2, 0.25) is 0 Å². The average molecular weight is 573 g/mol. The molecular weight excluding hydrogens is 548 g/mol. The number of carbonyl (C=O) groups is 2. The summed E-state index contributed by atoms with van der Waals surface area (Å²) in [5.74, 6) is 0.404. The Hall–Kier alpha value is -3.88. The van der Waals surface area contributed by atoms with Crippen LogP contribution in [0.5, 0.6) is 5.75 Å². The van der Waals surface area contributed by atoms with Gasteiger partial charge >= 0.3 is 0 Å². The number of fused-ring (bicyclic) bond motifs is 1. The predicted molar refractivity (Wildman–Crippen MR) is 147 cm³/mol. The molecule has 0 bridgehead atoms. The molecule has 3 atom stereocenters. The Morgan fingerprint density at radius 3 is 2.29 bits per heavy atom. The van der Waals surface area contributed by atoms with Gasteiger partial charge < -0.3 is 9.15 Å². The maximum Gasteiger partial charge on any atom is 0.266 e. The van der Waals surface area contributed by atoms with E-state index in [4.69, 9.17) is 14.0 Å². The van der Waals surface area contributed by atoms with Crippen molar-refractivity contribution in [2.24, 2.45) is 5.92 Å². The zero-order chi connectivity index (χ0) is 26.2. The van der Waals surface area contributed by atoms with Crippen molar-refractivity contribution in [3.63, 3.8) is 0 Å². The lowest BCUT2D eigenvalue weighted by Crippen LogP contribution is -2.37. The lowest BCUT2D eigenvalue weighted by molar-refractivity contribution is -0.126. The fourth-order valence-electron chi connectivity index (χ4n) is 4.95. The van der Waals surface area contributed by atoms with Gasteiger partial charge in [0.15, 0.2) is 6.10 Å². The number of nitrogens with zero attached hydrogens (tertiary/aromatic N) is 2. The van der Waals surface area contributed by atoms with Gasteiger partial charge in [0, 0.05) is 10.0 Å². The molecule has 6 rings (SSSR count). The second-order valence-corrected chi connectivity index (χ2v) is 10.1. The summed E-state index contributed by atoms with van der Waals surface area (Å²) in [4.78, 5) is 34.8. The molecule has 7 nitrogen and oxygen atoms in total. The van der Waals surface area contributed by atoms with Crippen molar-refractivity contribution in [1.82, 2.24) is 0 Å². The maximum atomic E-state index is 13.8. The van der Waals surface area contributed by atoms with E-state index in [1.807, 2.05) is 73.7 Å². The van der Waals surface area contributed by atoms with Crippen molar-refractivity contribution >= 4 is 39.1 Å². The zero-order valence-corrected chi connectivity index (χ0v) is 22.2. The normalized spacial score (nSPS) is 20.7. The minimum Gasteiger partial charge on any atom is -0.494 e. The second kappa shape index (κ2) is 10.1. The minimum atomic E-state index is -0.968. The summed E-state index contributed by atoms with van der Waals surface area (Å²) in [6, 6.07) is 27.3. The highest BCUT2D eigenvalue weighted by atomic mass is 79.9. The zero-order valence-electron chi connectivity index (χ0n) is 20.6. The topological polar surface area (TPSA) is 72.2 Å². The van der Waals surface area contributed by atoms with Gasteiger partial charge in [0.05, 0.1) is 18.0 Å². The number of imide groups is 1. The predicted octanol–water partition coefficient (Wildman–Crippen LogP) is 6.55. The van der Waals surface area contributed by atoms with Crippen LogP contribution in [-0.4, -0.2) is 24.5 Å². The van der Waals surface area contributed by atoms with Gasteiger partial charge in [-0.05, 0) is 67.1 Å². The van der Waals surface area contributed by atoms with Gasteiger partial charge in [-0.2, -0.15) is 0 Å². The molecule has 0 saturated carbocycles. The Balaban J connectivity index is 1.35. The van der Waals surface area contributed by atoms with Crippen molar-refractivity contribution in [1.29, 1.82) is 0 Å². The Morgan fingerprint density at radius 1 is 0.842 bits per heavy atom. The van der Waals surface area contributed by atoms with Crippen molar-refractivity contribution in [3.05, 3.63) is 101 Å². The molecule has 3 heterocycles. The van der Waals surface area contributed by atoms with Gasteiger partial charge in [0.2, 0.25) is 5.91 Å². The highest BCUT2D eigenvalue weighted by Gasteiger charge is 2.61. The van der Waals surface area contributed by atoms with E-state index in [-0.39, 0.29) is 5.91 Å². The second-order valence-electron chi connectivity index (χ2n) is 9.22. The number of benzene rings is 3. The largest absolute Gasteiger partial charge is 0.494 e. The number of halogens is 1. The number of hydroxylamine groups is 1. The molecule has 192 valence electrons. The van der Waals surface area contributed by atoms with Crippen molar-refractivity contribution in [3.8, 4) is 17.1 Å². The van der Waals surface area contributed by atoms with Crippen LogP contribution in [0.15, 0.2) is 99.9 Å². The molecule has 1 aromatic heterocycles. The lowest BCUT2D eigenvalue weighted by Gasteiger charge is -2.27. The number of anilines is 2. The fraction of sp³-hybridized carbons (Fsp3) is 0.200. The number of rotatable bonds is 7. The number of para-hydroxylation sites is 1. The SMILES string of the molecule is CCCOc1ccc(N2C(=O)[C@@H]3[C@@H](c4ccc(-c5ccc(Br)cc5)o4)N(c4ccccc4)O[C@H]3C2=O)cc1. The van der Waals surface area contributed by atoms with E-state index < -0.39 is 24.0 Å². The molecule has 0 aliphatic carbocycles. The molecule has 0 spiro atoms. The van der Waals surface area contributed by atoms with Gasteiger partial charge in [-0.3, -0.25) is 14.4 Å². The highest BCUT2D eigenvalue weighted by molar-refractivity contribution is 9.10. The number of amides is 2. The summed E-state index contributed by atoms with van der Waals surface area (Å²) in [6.07, 6.45) is -0.0776. The Labute approximate surface area is 228 Å². The van der Waals surface area contributed by atoms with E-state index >= 15 is 0 Å². The summed E-state index contributed by atoms with van der Waals surface area (Å²) < 4.78 is 12.9. The van der Waals surface area contributed by atoms with Crippen LogP contribution in [0.25, 0.3) is 11.3 Å². The number of furan rings is 1. The summed E-state index contributed by atoms with van der Waals surface area (Å²) in [5, 5.41) is 1.63. The Morgan fingerprint density at radius 2 is 1.58 bits per heavy atom. The number of hydrogen-bond acceptors (Lipinski definition) is 6. The molecular formula is C30H25BrN2O5. The fourth-order valence-corrected chi connectivity index (χ4v) is 5.21. The van der Waals surface area contributed by atoms with Gasteiger partial charge in [-0.15, -0.1) is 0 Å². The molecule has 38 heavy (non-hydrogen) atoms. The molecule has 2 fully saturated rings. The van der Waals surface area contributed by atoms with Gasteiger partial charge in [-0.25, -0.2) is 9.96 Å². The summed E-state index contributed by atoms with van der Waals surface area (Å²) >= 11 is 3.46. The van der Waals surface area contributed by atoms with E-state index in [1.54, 1.807) is 29.3 Å². The number of ether oxygens (including phenoxy) is 1. The smallest absolute Gasteiger partial charge is 0.266 e. The molecule has 2 aliphatic rings. The van der Waals surface area contributed by atoms with E-state index in [2.05, 4.69) is 15.9 Å². The minimum absolute atomic E-state index is 0.327. The molecule has 2 amide bonds. The van der Waals surface area contributed by atoms with Crippen molar-refractivity contribution in [2.45, 2.75) is 25.5 Å². The quantitative estimate of drug-likeness (QED) is 0.234. The third-order valence-electron chi connectivity index (χ3n) is 6.74. The van der Waals surface area contributed by atoms with Crippen molar-refractivity contribution < 1.29 is 23.6 Å². The molecule has 0 N–H and O–H groups in total. The standard InChI is InChI=1S/C30H25BrN2O5/c1-2-18-36-23-14-12-21(13-15-23)32-29(34)26-27(25-17-16-24(37-25)19-8-10-20(31)11-9-19)33(38-28(26)30(32)35)22-6-4-3-5-7-22/h3-17,26-28H,2,18H2,1H3/t26-,27-,28-/m1/s1. The molecule has 2 saturated heterocycles. The van der Waals surface area contributed by atoms with Crippen LogP contribution in [0.4, 0.5) is 11.4 Å². The van der Waals surface area contributed by atoms with Gasteiger partial charge in [-0.1, -0.05) is 53.2 Å². The number of carbonyl (C=O) groups excluding carboxylic acids is 2. The third-order valence-corrected chi connectivity index (χ3v) is 7.27. The summed E-state index contributed by atoms with van der Waals surface area (Å²) in [6.45, 7) is 2.63. The van der Waals surface area contributed by atoms with Crippen molar-refractivity contribution in [2.75, 3.05) is 16.6 Å². The van der Waals surface area contributed by atoms with Crippen LogP contribution < -0.4 is 14.7 Å². The van der Waals surface area contributed by atoms with Gasteiger partial charge in [0.25, 0.3) is 5.91 Å². The molecule has 8 heteroatoms. The van der Waals surface area contributed by atoms with Gasteiger partial charge in [0.1, 0.15) is 29.2 Å². The lowest BCUT2D eigenvalue weighted by atomic mass is 9.94. The summed E-state index contributed by atoms with van der Waals surface area (Å²) in [7, 11) is 0. The first kappa shape index (κ1) is 24.5. The first-order chi connectivity index (χ1) is 18.5. The van der Waals surface area contributed by atoms with Crippen LogP contribution >= 0.6 is 15.9 Å². The van der Waals surface area contributed by atoms with E-state index in [9.17, 15) is 9.59 Å². The maximum absolute atomic E-state index is 13.8. The number of hydrogen-bond donors (Lipinski definition) is 0. The van der Waals surface area contributed by atoms with E-state index in [0.29, 0.717) is 29.6 Å². The molecule has 2 aliphatic heterocycles. The van der Waals surface area contributed by atoms with Crippen LogP contribution in [0, 0.1) is 5.92 Å². The first-order valence-corrected chi connectivity index (χ1v) is 13.3. The molecule has 0 radical (unpaired) electrons. The highest BCUT2D eigenvalue weighted by Crippen LogP contribution is 2.48. The van der Waals surface area contributed by atoms with Crippen LogP contribution in [-0.2, 0) is 14.4 Å². The molecule has 0 unspecified atom stereocenters.